The molecule has 27 heavy (non-hydrogen) atoms. The van der Waals surface area contributed by atoms with Crippen molar-refractivity contribution >= 4 is 17.3 Å². The van der Waals surface area contributed by atoms with Gasteiger partial charge in [-0.15, -0.1) is 0 Å². The normalized spacial score (nSPS) is 19.9. The van der Waals surface area contributed by atoms with E-state index in [-0.39, 0.29) is 18.1 Å². The maximum absolute atomic E-state index is 12.7. The van der Waals surface area contributed by atoms with Gasteiger partial charge in [-0.25, -0.2) is 0 Å². The topological polar surface area (TPSA) is 83.4 Å². The zero-order chi connectivity index (χ0) is 18.8. The van der Waals surface area contributed by atoms with Crippen molar-refractivity contribution in [3.63, 3.8) is 0 Å². The van der Waals surface area contributed by atoms with E-state index in [4.69, 9.17) is 9.15 Å². The average molecular weight is 366 g/mol. The molecule has 0 bridgehead atoms. The van der Waals surface area contributed by atoms with Crippen molar-refractivity contribution in [2.45, 2.75) is 26.1 Å². The molecule has 2 atom stereocenters. The van der Waals surface area contributed by atoms with Gasteiger partial charge in [0.2, 0.25) is 0 Å². The molecule has 2 aromatic heterocycles. The van der Waals surface area contributed by atoms with Crippen LogP contribution in [-0.2, 0) is 4.74 Å². The number of aromatic nitrogens is 2. The minimum Gasteiger partial charge on any atom is -0.463 e. The number of para-hydroxylation sites is 2. The zero-order valence-corrected chi connectivity index (χ0v) is 15.3. The molecular formula is C20H22N4O3. The fraction of sp³-hybridized carbons (Fsp3) is 0.300. The minimum atomic E-state index is -0.272. The Balaban J connectivity index is 1.54. The van der Waals surface area contributed by atoms with Crippen molar-refractivity contribution in [2.24, 2.45) is 0 Å². The van der Waals surface area contributed by atoms with Gasteiger partial charge in [-0.05, 0) is 38.1 Å². The molecule has 0 spiro atoms. The van der Waals surface area contributed by atoms with E-state index < -0.39 is 0 Å². The summed E-state index contributed by atoms with van der Waals surface area (Å²) in [6.07, 6.45) is 1.86. The number of carbonyl (C=O) groups excluding carboxylic acids is 1. The smallest absolute Gasteiger partial charge is 0.276 e. The second-order valence-electron chi connectivity index (χ2n) is 6.78. The van der Waals surface area contributed by atoms with E-state index in [0.29, 0.717) is 17.1 Å². The standard InChI is InChI=1S/C20H22N4O3/c1-13-11-24(12-14(2)27-13)18-7-4-3-6-15(18)21-20(25)17-10-16(22-23-17)19-8-5-9-26-19/h3-10,13-14H,11-12H2,1-2H3,(H,21,25)(H,22,23). The quantitative estimate of drug-likeness (QED) is 0.738. The van der Waals surface area contributed by atoms with Crippen LogP contribution < -0.4 is 10.2 Å². The number of benzene rings is 1. The minimum absolute atomic E-state index is 0.139. The molecule has 0 saturated carbocycles. The first-order valence-electron chi connectivity index (χ1n) is 9.00. The first-order chi connectivity index (χ1) is 13.1. The summed E-state index contributed by atoms with van der Waals surface area (Å²) in [6, 6.07) is 13.1. The van der Waals surface area contributed by atoms with Gasteiger partial charge < -0.3 is 19.4 Å². The first-order valence-corrected chi connectivity index (χ1v) is 9.00. The molecule has 3 heterocycles. The van der Waals surface area contributed by atoms with E-state index in [9.17, 15) is 4.79 Å². The van der Waals surface area contributed by atoms with Crippen molar-refractivity contribution in [1.29, 1.82) is 0 Å². The SMILES string of the molecule is CC1CN(c2ccccc2NC(=O)c2cc(-c3ccco3)[nH]n2)CC(C)O1. The van der Waals surface area contributed by atoms with Crippen LogP contribution in [0.5, 0.6) is 0 Å². The van der Waals surface area contributed by atoms with Gasteiger partial charge in [-0.2, -0.15) is 5.10 Å². The lowest BCUT2D eigenvalue weighted by atomic mass is 10.1. The number of H-pyrrole nitrogens is 1. The lowest BCUT2D eigenvalue weighted by molar-refractivity contribution is -0.00517. The van der Waals surface area contributed by atoms with Crippen LogP contribution >= 0.6 is 0 Å². The Morgan fingerprint density at radius 1 is 1.19 bits per heavy atom. The maximum Gasteiger partial charge on any atom is 0.276 e. The summed E-state index contributed by atoms with van der Waals surface area (Å²) in [6.45, 7) is 5.68. The van der Waals surface area contributed by atoms with Crippen LogP contribution in [0.1, 0.15) is 24.3 Å². The Hall–Kier alpha value is -3.06. The lowest BCUT2D eigenvalue weighted by Gasteiger charge is -2.37. The number of amides is 1. The molecular weight excluding hydrogens is 344 g/mol. The molecule has 1 aromatic carbocycles. The second kappa shape index (κ2) is 7.28. The zero-order valence-electron chi connectivity index (χ0n) is 15.3. The Morgan fingerprint density at radius 3 is 2.70 bits per heavy atom. The van der Waals surface area contributed by atoms with E-state index in [2.05, 4.69) is 34.3 Å². The van der Waals surface area contributed by atoms with Gasteiger partial charge in [0, 0.05) is 19.2 Å². The predicted molar refractivity (Wildman–Crippen MR) is 103 cm³/mol. The largest absolute Gasteiger partial charge is 0.463 e. The molecule has 1 aliphatic heterocycles. The van der Waals surface area contributed by atoms with Gasteiger partial charge in [0.15, 0.2) is 11.5 Å². The number of carbonyl (C=O) groups is 1. The van der Waals surface area contributed by atoms with Crippen molar-refractivity contribution in [2.75, 3.05) is 23.3 Å². The van der Waals surface area contributed by atoms with E-state index in [0.717, 1.165) is 24.5 Å². The number of aromatic amines is 1. The van der Waals surface area contributed by atoms with Crippen LogP contribution in [0, 0.1) is 0 Å². The van der Waals surface area contributed by atoms with Crippen LogP contribution in [-0.4, -0.2) is 41.4 Å². The third-order valence-electron chi connectivity index (χ3n) is 4.51. The van der Waals surface area contributed by atoms with Gasteiger partial charge in [-0.3, -0.25) is 9.89 Å². The maximum atomic E-state index is 12.7. The van der Waals surface area contributed by atoms with Crippen LogP contribution in [0.15, 0.2) is 53.1 Å². The molecule has 0 radical (unpaired) electrons. The molecule has 7 heteroatoms. The van der Waals surface area contributed by atoms with Crippen molar-refractivity contribution in [3.05, 3.63) is 54.4 Å². The Kier molecular flexibility index (Phi) is 4.68. The van der Waals surface area contributed by atoms with E-state index in [1.807, 2.05) is 30.3 Å². The van der Waals surface area contributed by atoms with Gasteiger partial charge >= 0.3 is 0 Å². The van der Waals surface area contributed by atoms with Crippen LogP contribution in [0.3, 0.4) is 0 Å². The van der Waals surface area contributed by atoms with Gasteiger partial charge in [0.1, 0.15) is 5.69 Å². The monoisotopic (exact) mass is 366 g/mol. The summed E-state index contributed by atoms with van der Waals surface area (Å²) in [7, 11) is 0. The van der Waals surface area contributed by atoms with Gasteiger partial charge in [0.05, 0.1) is 29.8 Å². The van der Waals surface area contributed by atoms with Crippen LogP contribution in [0.4, 0.5) is 11.4 Å². The molecule has 7 nitrogen and oxygen atoms in total. The van der Waals surface area contributed by atoms with E-state index >= 15 is 0 Å². The number of nitrogens with zero attached hydrogens (tertiary/aromatic N) is 2. The summed E-state index contributed by atoms with van der Waals surface area (Å²) in [4.78, 5) is 14.9. The fourth-order valence-corrected chi connectivity index (χ4v) is 3.41. The lowest BCUT2D eigenvalue weighted by Crippen LogP contribution is -2.45. The Morgan fingerprint density at radius 2 is 1.96 bits per heavy atom. The van der Waals surface area contributed by atoms with E-state index in [1.165, 1.54) is 0 Å². The Labute approximate surface area is 157 Å². The predicted octanol–water partition coefficient (Wildman–Crippen LogP) is 3.54. The van der Waals surface area contributed by atoms with Crippen molar-refractivity contribution in [1.82, 2.24) is 10.2 Å². The van der Waals surface area contributed by atoms with Crippen LogP contribution in [0.25, 0.3) is 11.5 Å². The van der Waals surface area contributed by atoms with Crippen LogP contribution in [0.2, 0.25) is 0 Å². The molecule has 140 valence electrons. The highest BCUT2D eigenvalue weighted by Crippen LogP contribution is 2.29. The molecule has 2 unspecified atom stereocenters. The van der Waals surface area contributed by atoms with Gasteiger partial charge in [-0.1, -0.05) is 12.1 Å². The molecule has 0 aliphatic carbocycles. The number of nitrogens with one attached hydrogen (secondary N) is 2. The fourth-order valence-electron chi connectivity index (χ4n) is 3.41. The molecule has 1 amide bonds. The number of ether oxygens (including phenoxy) is 1. The summed E-state index contributed by atoms with van der Waals surface area (Å²) in [5, 5.41) is 9.91. The van der Waals surface area contributed by atoms with E-state index in [1.54, 1.807) is 18.4 Å². The second-order valence-corrected chi connectivity index (χ2v) is 6.78. The number of rotatable bonds is 4. The summed E-state index contributed by atoms with van der Waals surface area (Å²) in [5.41, 5.74) is 2.70. The molecule has 2 N–H and O–H groups in total. The number of hydrogen-bond acceptors (Lipinski definition) is 5. The number of hydrogen-bond donors (Lipinski definition) is 2. The summed E-state index contributed by atoms with van der Waals surface area (Å²) in [5.74, 6) is 0.365. The van der Waals surface area contributed by atoms with Crippen molar-refractivity contribution < 1.29 is 13.9 Å². The van der Waals surface area contributed by atoms with Gasteiger partial charge in [0.25, 0.3) is 5.91 Å². The number of anilines is 2. The first kappa shape index (κ1) is 17.4. The highest BCUT2D eigenvalue weighted by Gasteiger charge is 2.24. The van der Waals surface area contributed by atoms with Crippen molar-refractivity contribution in [3.8, 4) is 11.5 Å². The average Bonchev–Trinajstić information content (AvgIpc) is 3.33. The third-order valence-corrected chi connectivity index (χ3v) is 4.51. The highest BCUT2D eigenvalue weighted by atomic mass is 16.5. The summed E-state index contributed by atoms with van der Waals surface area (Å²) >= 11 is 0. The molecule has 3 aromatic rings. The third kappa shape index (κ3) is 3.73. The summed E-state index contributed by atoms with van der Waals surface area (Å²) < 4.78 is 11.1. The molecule has 1 fully saturated rings. The molecule has 4 rings (SSSR count). The number of morpholine rings is 1. The highest BCUT2D eigenvalue weighted by molar-refractivity contribution is 6.05. The molecule has 1 aliphatic rings. The Bertz CT molecular complexity index is 909. The number of furan rings is 1. The molecule has 1 saturated heterocycles.